The number of thiol groups is 1. The van der Waals surface area contributed by atoms with Gasteiger partial charge in [-0.1, -0.05) is 6.92 Å². The molecule has 4 atom stereocenters. The van der Waals surface area contributed by atoms with Crippen LogP contribution in [0.3, 0.4) is 0 Å². The summed E-state index contributed by atoms with van der Waals surface area (Å²) in [7, 11) is 0. The molecule has 1 aliphatic carbocycles. The molecule has 0 spiro atoms. The average molecular weight is 190 g/mol. The maximum absolute atomic E-state index is 8.93. The van der Waals surface area contributed by atoms with Crippen molar-refractivity contribution in [3.63, 3.8) is 0 Å². The first-order valence-electron chi connectivity index (χ1n) is 4.45. The molecule has 1 saturated carbocycles. The Morgan fingerprint density at radius 1 is 1.67 bits per heavy atom. The number of hydrogen-bond acceptors (Lipinski definition) is 4. The molecule has 0 aliphatic heterocycles. The second kappa shape index (κ2) is 4.46. The highest BCUT2D eigenvalue weighted by Gasteiger charge is 2.33. The SMILES string of the molecule is C[C@@H]1C[C@H]1N[C@H](S)CN[C@@H](C)O. The Balaban J connectivity index is 2.00. The van der Waals surface area contributed by atoms with Crippen LogP contribution in [0.5, 0.6) is 0 Å². The standard InChI is InChI=1S/C8H18N2OS/c1-5-3-7(5)10-8(12)4-9-6(2)11/h5-12H,3-4H2,1-2H3/t5-,6-,7-,8-/m1/s1. The predicted molar refractivity (Wildman–Crippen MR) is 53.2 cm³/mol. The fourth-order valence-electron chi connectivity index (χ4n) is 1.14. The number of aliphatic hydroxyl groups is 1. The molecule has 1 aliphatic rings. The van der Waals surface area contributed by atoms with Crippen LogP contribution in [-0.4, -0.2) is 29.3 Å². The van der Waals surface area contributed by atoms with Crippen molar-refractivity contribution in [3.8, 4) is 0 Å². The first kappa shape index (κ1) is 10.3. The molecule has 0 aromatic rings. The fraction of sp³-hybridized carbons (Fsp3) is 1.00. The van der Waals surface area contributed by atoms with Gasteiger partial charge in [-0.25, -0.2) is 0 Å². The number of aliphatic hydroxyl groups excluding tert-OH is 1. The minimum Gasteiger partial charge on any atom is -0.379 e. The van der Waals surface area contributed by atoms with Gasteiger partial charge >= 0.3 is 0 Å². The second-order valence-electron chi connectivity index (χ2n) is 3.59. The summed E-state index contributed by atoms with van der Waals surface area (Å²) in [6.07, 6.45) is 0.809. The third-order valence-electron chi connectivity index (χ3n) is 2.12. The Morgan fingerprint density at radius 2 is 2.25 bits per heavy atom. The topological polar surface area (TPSA) is 44.3 Å². The maximum Gasteiger partial charge on any atom is 0.102 e. The van der Waals surface area contributed by atoms with E-state index in [1.54, 1.807) is 6.92 Å². The van der Waals surface area contributed by atoms with Crippen molar-refractivity contribution >= 4 is 12.6 Å². The van der Waals surface area contributed by atoms with Gasteiger partial charge in [-0.15, -0.1) is 0 Å². The lowest BCUT2D eigenvalue weighted by atomic mass is 10.4. The van der Waals surface area contributed by atoms with Gasteiger partial charge in [0.15, 0.2) is 0 Å². The zero-order valence-electron chi connectivity index (χ0n) is 7.62. The highest BCUT2D eigenvalue weighted by Crippen LogP contribution is 2.29. The van der Waals surface area contributed by atoms with E-state index in [9.17, 15) is 0 Å². The fourth-order valence-corrected chi connectivity index (χ4v) is 1.44. The normalized spacial score (nSPS) is 33.0. The van der Waals surface area contributed by atoms with Crippen molar-refractivity contribution in [2.45, 2.75) is 37.9 Å². The molecular weight excluding hydrogens is 172 g/mol. The Labute approximate surface area is 79.3 Å². The van der Waals surface area contributed by atoms with E-state index in [2.05, 4.69) is 30.2 Å². The van der Waals surface area contributed by atoms with Gasteiger partial charge in [0.1, 0.15) is 6.23 Å². The van der Waals surface area contributed by atoms with Crippen LogP contribution in [0.4, 0.5) is 0 Å². The molecule has 72 valence electrons. The van der Waals surface area contributed by atoms with Crippen molar-refractivity contribution in [1.82, 2.24) is 10.6 Å². The van der Waals surface area contributed by atoms with Crippen LogP contribution in [-0.2, 0) is 0 Å². The molecule has 4 heteroatoms. The quantitative estimate of drug-likeness (QED) is 0.369. The minimum atomic E-state index is -0.446. The third kappa shape index (κ3) is 3.76. The number of rotatable bonds is 5. The Hall–Kier alpha value is 0.230. The van der Waals surface area contributed by atoms with Crippen molar-refractivity contribution < 1.29 is 5.11 Å². The average Bonchev–Trinajstić information content (AvgIpc) is 2.62. The van der Waals surface area contributed by atoms with Crippen LogP contribution in [0.25, 0.3) is 0 Å². The Kier molecular flexibility index (Phi) is 3.83. The summed E-state index contributed by atoms with van der Waals surface area (Å²) in [5.74, 6) is 0.797. The predicted octanol–water partition coefficient (Wildman–Crippen LogP) is 0.168. The van der Waals surface area contributed by atoms with E-state index in [0.29, 0.717) is 12.6 Å². The van der Waals surface area contributed by atoms with Gasteiger partial charge in [0.2, 0.25) is 0 Å². The summed E-state index contributed by atoms with van der Waals surface area (Å²) in [6.45, 7) is 4.63. The first-order valence-corrected chi connectivity index (χ1v) is 4.97. The summed E-state index contributed by atoms with van der Waals surface area (Å²) in [4.78, 5) is 0. The van der Waals surface area contributed by atoms with Crippen LogP contribution in [0.2, 0.25) is 0 Å². The molecule has 1 rings (SSSR count). The van der Waals surface area contributed by atoms with E-state index in [1.807, 2.05) is 0 Å². The molecule has 3 nitrogen and oxygen atoms in total. The molecule has 0 aromatic heterocycles. The molecule has 1 fully saturated rings. The minimum absolute atomic E-state index is 0.148. The highest BCUT2D eigenvalue weighted by molar-refractivity contribution is 7.80. The molecule has 0 aromatic carbocycles. The van der Waals surface area contributed by atoms with Crippen LogP contribution in [0.1, 0.15) is 20.3 Å². The molecule has 0 radical (unpaired) electrons. The van der Waals surface area contributed by atoms with E-state index in [1.165, 1.54) is 6.42 Å². The van der Waals surface area contributed by atoms with E-state index >= 15 is 0 Å². The lowest BCUT2D eigenvalue weighted by Gasteiger charge is -2.14. The summed E-state index contributed by atoms with van der Waals surface area (Å²) in [6, 6.07) is 0.642. The van der Waals surface area contributed by atoms with Gasteiger partial charge in [0, 0.05) is 12.6 Å². The van der Waals surface area contributed by atoms with Gasteiger partial charge < -0.3 is 10.4 Å². The number of nitrogens with one attached hydrogen (secondary N) is 2. The molecule has 3 N–H and O–H groups in total. The molecule has 0 heterocycles. The largest absolute Gasteiger partial charge is 0.379 e. The zero-order chi connectivity index (χ0) is 9.14. The smallest absolute Gasteiger partial charge is 0.102 e. The first-order chi connectivity index (χ1) is 5.59. The maximum atomic E-state index is 8.93. The lowest BCUT2D eigenvalue weighted by molar-refractivity contribution is 0.156. The molecule has 0 saturated heterocycles. The molecular formula is C8H18N2OS. The summed E-state index contributed by atoms with van der Waals surface area (Å²) >= 11 is 4.34. The van der Waals surface area contributed by atoms with Crippen LogP contribution in [0.15, 0.2) is 0 Å². The second-order valence-corrected chi connectivity index (χ2v) is 4.21. The Morgan fingerprint density at radius 3 is 2.67 bits per heavy atom. The van der Waals surface area contributed by atoms with E-state index in [4.69, 9.17) is 5.11 Å². The van der Waals surface area contributed by atoms with Gasteiger partial charge in [-0.05, 0) is 19.3 Å². The Bertz CT molecular complexity index is 143. The van der Waals surface area contributed by atoms with Crippen molar-refractivity contribution in [2.75, 3.05) is 6.54 Å². The third-order valence-corrected chi connectivity index (χ3v) is 2.45. The summed E-state index contributed by atoms with van der Waals surface area (Å²) < 4.78 is 0. The van der Waals surface area contributed by atoms with Gasteiger partial charge in [0.25, 0.3) is 0 Å². The molecule has 12 heavy (non-hydrogen) atoms. The van der Waals surface area contributed by atoms with Gasteiger partial charge in [0.05, 0.1) is 5.37 Å². The highest BCUT2D eigenvalue weighted by atomic mass is 32.1. The van der Waals surface area contributed by atoms with Crippen LogP contribution in [0, 0.1) is 5.92 Å². The molecule has 0 amide bonds. The van der Waals surface area contributed by atoms with Crippen molar-refractivity contribution in [3.05, 3.63) is 0 Å². The van der Waals surface area contributed by atoms with Crippen LogP contribution >= 0.6 is 12.6 Å². The van der Waals surface area contributed by atoms with E-state index in [-0.39, 0.29) is 5.37 Å². The summed E-state index contributed by atoms with van der Waals surface area (Å²) in [5, 5.41) is 15.3. The van der Waals surface area contributed by atoms with Crippen molar-refractivity contribution in [2.24, 2.45) is 5.92 Å². The summed E-state index contributed by atoms with van der Waals surface area (Å²) in [5.41, 5.74) is 0. The zero-order valence-corrected chi connectivity index (χ0v) is 8.51. The molecule has 0 unspecified atom stereocenters. The van der Waals surface area contributed by atoms with Crippen LogP contribution < -0.4 is 10.6 Å². The van der Waals surface area contributed by atoms with Crippen molar-refractivity contribution in [1.29, 1.82) is 0 Å². The lowest BCUT2D eigenvalue weighted by Crippen LogP contribution is -2.39. The molecule has 0 bridgehead atoms. The van der Waals surface area contributed by atoms with E-state index in [0.717, 1.165) is 5.92 Å². The monoisotopic (exact) mass is 190 g/mol. The van der Waals surface area contributed by atoms with Gasteiger partial charge in [-0.3, -0.25) is 5.32 Å². The number of hydrogen-bond donors (Lipinski definition) is 4. The van der Waals surface area contributed by atoms with E-state index < -0.39 is 6.23 Å². The van der Waals surface area contributed by atoms with Gasteiger partial charge in [-0.2, -0.15) is 12.6 Å².